The molecule has 0 aliphatic carbocycles. The maximum atomic E-state index is 13.2. The van der Waals surface area contributed by atoms with Crippen molar-refractivity contribution in [1.29, 1.82) is 0 Å². The number of halogens is 2. The highest BCUT2D eigenvalue weighted by Crippen LogP contribution is 2.29. The lowest BCUT2D eigenvalue weighted by atomic mass is 10.1. The van der Waals surface area contributed by atoms with E-state index >= 15 is 0 Å². The Morgan fingerprint density at radius 1 is 0.714 bits per heavy atom. The fourth-order valence-electron chi connectivity index (χ4n) is 2.40. The summed E-state index contributed by atoms with van der Waals surface area (Å²) in [5, 5.41) is 2.99. The fourth-order valence-corrected chi connectivity index (χ4v) is 3.17. The number of hydrogen-bond acceptors (Lipinski definition) is 3. The predicted octanol–water partition coefficient (Wildman–Crippen LogP) is 7.21. The van der Waals surface area contributed by atoms with Crippen LogP contribution in [0.2, 0.25) is 0 Å². The number of pyridine rings is 1. The van der Waals surface area contributed by atoms with Gasteiger partial charge >= 0.3 is 0 Å². The average molecular weight is 393 g/mol. The number of benzene rings is 2. The number of hydrogen-bond donors (Lipinski definition) is 0. The van der Waals surface area contributed by atoms with Crippen molar-refractivity contribution < 1.29 is 13.2 Å². The Morgan fingerprint density at radius 3 is 2.04 bits per heavy atom. The topological polar surface area (TPSA) is 26.0 Å². The molecule has 0 fully saturated rings. The number of rotatable bonds is 1. The maximum absolute atomic E-state index is 13.2. The molecule has 0 aliphatic heterocycles. The molecule has 0 saturated heterocycles. The molecule has 5 aromatic rings. The van der Waals surface area contributed by atoms with Gasteiger partial charge in [-0.15, -0.1) is 11.3 Å². The zero-order chi connectivity index (χ0) is 19.6. The van der Waals surface area contributed by atoms with Gasteiger partial charge in [0.05, 0.1) is 23.6 Å². The van der Waals surface area contributed by atoms with Gasteiger partial charge in [0.1, 0.15) is 11.6 Å². The monoisotopic (exact) mass is 393 g/mol. The molecule has 0 N–H and O–H groups in total. The van der Waals surface area contributed by atoms with Crippen molar-refractivity contribution in [2.45, 2.75) is 0 Å². The first kappa shape index (κ1) is 19.5. The molecule has 0 aliphatic rings. The standard InChI is InChI=1S/C10H6F2S.C9H7N.C4H4O/c11-7-3-1-4-8(12)10(7)9-5-2-6-13-9;1-2-6-9-8(4-1)5-3-7-10-9;1-2-4-5-3-1/h1-6H;1-7H;1-4H. The number of fused-ring (bicyclic) bond motifs is 1. The molecule has 0 bridgehead atoms. The minimum atomic E-state index is -0.512. The van der Waals surface area contributed by atoms with Crippen LogP contribution >= 0.6 is 11.3 Å². The van der Waals surface area contributed by atoms with E-state index in [4.69, 9.17) is 0 Å². The summed E-state index contributed by atoms with van der Waals surface area (Å²) in [5.41, 5.74) is 1.13. The van der Waals surface area contributed by atoms with Crippen molar-refractivity contribution in [3.8, 4) is 10.4 Å². The molecule has 3 aromatic heterocycles. The van der Waals surface area contributed by atoms with E-state index in [9.17, 15) is 8.78 Å². The summed E-state index contributed by atoms with van der Waals surface area (Å²) in [7, 11) is 0. The van der Waals surface area contributed by atoms with Crippen LogP contribution in [-0.2, 0) is 0 Å². The Labute approximate surface area is 165 Å². The van der Waals surface area contributed by atoms with Gasteiger partial charge in [-0.25, -0.2) is 8.78 Å². The van der Waals surface area contributed by atoms with Gasteiger partial charge in [0.15, 0.2) is 0 Å². The molecule has 0 radical (unpaired) electrons. The molecule has 0 saturated carbocycles. The van der Waals surface area contributed by atoms with E-state index in [0.717, 1.165) is 5.52 Å². The molecule has 0 amide bonds. The molecule has 5 rings (SSSR count). The fraction of sp³-hybridized carbons (Fsp3) is 0. The first-order valence-corrected chi connectivity index (χ1v) is 9.38. The van der Waals surface area contributed by atoms with Crippen molar-refractivity contribution in [2.75, 3.05) is 0 Å². The zero-order valence-corrected chi connectivity index (χ0v) is 15.7. The van der Waals surface area contributed by atoms with Gasteiger partial charge in [-0.1, -0.05) is 36.4 Å². The van der Waals surface area contributed by atoms with Crippen LogP contribution in [0, 0.1) is 11.6 Å². The lowest BCUT2D eigenvalue weighted by molar-refractivity contribution is 0.567. The second kappa shape index (κ2) is 10.1. The maximum Gasteiger partial charge on any atom is 0.134 e. The van der Waals surface area contributed by atoms with Crippen molar-refractivity contribution in [3.63, 3.8) is 0 Å². The van der Waals surface area contributed by atoms with E-state index in [1.54, 1.807) is 30.0 Å². The van der Waals surface area contributed by atoms with Gasteiger partial charge in [-0.2, -0.15) is 0 Å². The van der Waals surface area contributed by atoms with Crippen LogP contribution in [-0.4, -0.2) is 4.98 Å². The number of thiophene rings is 1. The third-order valence-electron chi connectivity index (χ3n) is 3.67. The Balaban J connectivity index is 0.000000132. The summed E-state index contributed by atoms with van der Waals surface area (Å²) in [6.45, 7) is 0. The number of furan rings is 1. The quantitative estimate of drug-likeness (QED) is 0.301. The van der Waals surface area contributed by atoms with Gasteiger partial charge in [0, 0.05) is 16.5 Å². The highest BCUT2D eigenvalue weighted by atomic mass is 32.1. The zero-order valence-electron chi connectivity index (χ0n) is 14.8. The van der Waals surface area contributed by atoms with Crippen molar-refractivity contribution in [3.05, 3.63) is 115 Å². The van der Waals surface area contributed by atoms with E-state index in [-0.39, 0.29) is 5.56 Å². The number of aromatic nitrogens is 1. The van der Waals surface area contributed by atoms with Crippen LogP contribution in [0.3, 0.4) is 0 Å². The van der Waals surface area contributed by atoms with Crippen LogP contribution in [0.4, 0.5) is 8.78 Å². The second-order valence-electron chi connectivity index (χ2n) is 5.56. The van der Waals surface area contributed by atoms with Crippen LogP contribution < -0.4 is 0 Å². The summed E-state index contributed by atoms with van der Waals surface area (Å²) in [6, 6.07) is 23.1. The van der Waals surface area contributed by atoms with E-state index in [1.165, 1.54) is 34.9 Å². The number of nitrogens with zero attached hydrogens (tertiary/aromatic N) is 1. The molecule has 28 heavy (non-hydrogen) atoms. The lowest BCUT2D eigenvalue weighted by Crippen LogP contribution is -1.86. The van der Waals surface area contributed by atoms with Crippen molar-refractivity contribution in [2.24, 2.45) is 0 Å². The summed E-state index contributed by atoms with van der Waals surface area (Å²) >= 11 is 1.32. The second-order valence-corrected chi connectivity index (χ2v) is 6.51. The van der Waals surface area contributed by atoms with E-state index in [2.05, 4.69) is 21.5 Å². The molecular weight excluding hydrogens is 376 g/mol. The van der Waals surface area contributed by atoms with Crippen LogP contribution in [0.5, 0.6) is 0 Å². The largest absolute Gasteiger partial charge is 0.473 e. The Bertz CT molecular complexity index is 990. The first-order chi connectivity index (χ1) is 13.8. The molecule has 0 unspecified atom stereocenters. The van der Waals surface area contributed by atoms with Gasteiger partial charge < -0.3 is 4.42 Å². The Morgan fingerprint density at radius 2 is 1.43 bits per heavy atom. The first-order valence-electron chi connectivity index (χ1n) is 8.50. The van der Waals surface area contributed by atoms with Crippen molar-refractivity contribution in [1.82, 2.24) is 4.98 Å². The molecule has 3 heterocycles. The molecule has 0 atom stereocenters. The smallest absolute Gasteiger partial charge is 0.134 e. The molecule has 2 nitrogen and oxygen atoms in total. The van der Waals surface area contributed by atoms with E-state index in [0.29, 0.717) is 4.88 Å². The Kier molecular flexibility index (Phi) is 7.04. The molecular formula is C23H17F2NOS. The van der Waals surface area contributed by atoms with E-state index < -0.39 is 11.6 Å². The minimum absolute atomic E-state index is 0.0671. The minimum Gasteiger partial charge on any atom is -0.473 e. The van der Waals surface area contributed by atoms with Gasteiger partial charge in [0.25, 0.3) is 0 Å². The predicted molar refractivity (Wildman–Crippen MR) is 110 cm³/mol. The Hall–Kier alpha value is -3.31. The third-order valence-corrected chi connectivity index (χ3v) is 4.56. The third kappa shape index (κ3) is 5.34. The van der Waals surface area contributed by atoms with Gasteiger partial charge in [-0.3, -0.25) is 4.98 Å². The average Bonchev–Trinajstić information content (AvgIpc) is 3.46. The summed E-state index contributed by atoms with van der Waals surface area (Å²) in [6.07, 6.45) is 5.06. The van der Waals surface area contributed by atoms with Gasteiger partial charge in [0.2, 0.25) is 0 Å². The summed E-state index contributed by atoms with van der Waals surface area (Å²) in [5.74, 6) is -1.02. The molecule has 5 heteroatoms. The summed E-state index contributed by atoms with van der Waals surface area (Å²) in [4.78, 5) is 4.80. The highest BCUT2D eigenvalue weighted by molar-refractivity contribution is 7.13. The molecule has 0 spiro atoms. The lowest BCUT2D eigenvalue weighted by Gasteiger charge is -2.00. The molecule has 140 valence electrons. The van der Waals surface area contributed by atoms with E-state index in [1.807, 2.05) is 42.6 Å². The van der Waals surface area contributed by atoms with Crippen LogP contribution in [0.25, 0.3) is 21.3 Å². The van der Waals surface area contributed by atoms with Crippen LogP contribution in [0.1, 0.15) is 0 Å². The summed E-state index contributed by atoms with van der Waals surface area (Å²) < 4.78 is 30.9. The SMILES string of the molecule is Fc1cccc(F)c1-c1cccs1.c1ccc2ncccc2c1.c1ccoc1. The highest BCUT2D eigenvalue weighted by Gasteiger charge is 2.10. The number of para-hydroxylation sites is 1. The molecule has 2 aromatic carbocycles. The van der Waals surface area contributed by atoms with Crippen molar-refractivity contribution >= 4 is 22.2 Å². The van der Waals surface area contributed by atoms with Gasteiger partial charge in [-0.05, 0) is 47.8 Å². The normalized spacial score (nSPS) is 9.79. The van der Waals surface area contributed by atoms with Crippen LogP contribution in [0.15, 0.2) is 107 Å².